The maximum Gasteiger partial charge on any atom is 0.212 e. The first-order chi connectivity index (χ1) is 7.05. The second-order valence-corrected chi connectivity index (χ2v) is 6.79. The van der Waals surface area contributed by atoms with E-state index in [9.17, 15) is 8.42 Å². The average molecular weight is 232 g/mol. The summed E-state index contributed by atoms with van der Waals surface area (Å²) in [7, 11) is -3.10. The number of hydrogen-bond acceptors (Lipinski definition) is 3. The SMILES string of the molecule is NCC1(NS(=O)(=O)CC2CC2)CCCC1. The van der Waals surface area contributed by atoms with Crippen LogP contribution in [0.4, 0.5) is 0 Å². The van der Waals surface area contributed by atoms with Crippen molar-refractivity contribution < 1.29 is 8.42 Å². The number of sulfonamides is 1. The Bertz CT molecular complexity index is 316. The fourth-order valence-corrected chi connectivity index (χ4v) is 4.35. The maximum atomic E-state index is 11.8. The minimum Gasteiger partial charge on any atom is -0.329 e. The Morgan fingerprint density at radius 1 is 1.27 bits per heavy atom. The van der Waals surface area contributed by atoms with Crippen molar-refractivity contribution >= 4 is 10.0 Å². The molecule has 0 bridgehead atoms. The Labute approximate surface area is 91.7 Å². The molecule has 0 aromatic carbocycles. The topological polar surface area (TPSA) is 72.2 Å². The molecule has 4 nitrogen and oxygen atoms in total. The van der Waals surface area contributed by atoms with Crippen molar-refractivity contribution in [3.05, 3.63) is 0 Å². The van der Waals surface area contributed by atoms with E-state index in [2.05, 4.69) is 4.72 Å². The van der Waals surface area contributed by atoms with Crippen LogP contribution in [0.5, 0.6) is 0 Å². The van der Waals surface area contributed by atoms with Gasteiger partial charge in [0.2, 0.25) is 10.0 Å². The van der Waals surface area contributed by atoms with E-state index in [0.717, 1.165) is 38.5 Å². The first-order valence-corrected chi connectivity index (χ1v) is 7.42. The van der Waals surface area contributed by atoms with Crippen LogP contribution >= 0.6 is 0 Å². The summed E-state index contributed by atoms with van der Waals surface area (Å²) in [6, 6.07) is 0. The Morgan fingerprint density at radius 3 is 2.33 bits per heavy atom. The summed E-state index contributed by atoms with van der Waals surface area (Å²) in [5.74, 6) is 0.702. The van der Waals surface area contributed by atoms with Gasteiger partial charge in [-0.2, -0.15) is 0 Å². The summed E-state index contributed by atoms with van der Waals surface area (Å²) in [5.41, 5.74) is 5.37. The van der Waals surface area contributed by atoms with Gasteiger partial charge in [0.05, 0.1) is 5.75 Å². The molecule has 2 aliphatic carbocycles. The molecule has 3 N–H and O–H groups in total. The molecule has 5 heteroatoms. The van der Waals surface area contributed by atoms with Crippen molar-refractivity contribution in [2.24, 2.45) is 11.7 Å². The van der Waals surface area contributed by atoms with Gasteiger partial charge < -0.3 is 5.73 Å². The largest absolute Gasteiger partial charge is 0.329 e. The third-order valence-electron chi connectivity index (χ3n) is 3.48. The molecular formula is C10H20N2O2S. The van der Waals surface area contributed by atoms with Crippen LogP contribution in [-0.2, 0) is 10.0 Å². The van der Waals surface area contributed by atoms with Crippen LogP contribution < -0.4 is 10.5 Å². The van der Waals surface area contributed by atoms with Gasteiger partial charge in [0.1, 0.15) is 0 Å². The molecule has 0 heterocycles. The number of hydrogen-bond donors (Lipinski definition) is 2. The van der Waals surface area contributed by atoms with E-state index >= 15 is 0 Å². The van der Waals surface area contributed by atoms with E-state index < -0.39 is 10.0 Å². The van der Waals surface area contributed by atoms with E-state index in [-0.39, 0.29) is 5.54 Å². The van der Waals surface area contributed by atoms with Crippen LogP contribution in [0.15, 0.2) is 0 Å². The lowest BCUT2D eigenvalue weighted by Gasteiger charge is -2.28. The number of nitrogens with one attached hydrogen (secondary N) is 1. The quantitative estimate of drug-likeness (QED) is 0.728. The third-order valence-corrected chi connectivity index (χ3v) is 5.13. The smallest absolute Gasteiger partial charge is 0.212 e. The molecular weight excluding hydrogens is 212 g/mol. The van der Waals surface area contributed by atoms with E-state index in [1.165, 1.54) is 0 Å². The van der Waals surface area contributed by atoms with E-state index in [1.807, 2.05) is 0 Å². The minimum atomic E-state index is -3.10. The van der Waals surface area contributed by atoms with Gasteiger partial charge in [0.25, 0.3) is 0 Å². The second-order valence-electron chi connectivity index (χ2n) is 5.02. The molecule has 15 heavy (non-hydrogen) atoms. The van der Waals surface area contributed by atoms with Crippen molar-refractivity contribution in [3.63, 3.8) is 0 Å². The van der Waals surface area contributed by atoms with Crippen LogP contribution in [0, 0.1) is 5.92 Å². The van der Waals surface area contributed by atoms with Crippen molar-refractivity contribution in [2.45, 2.75) is 44.1 Å². The second kappa shape index (κ2) is 4.03. The summed E-state index contributed by atoms with van der Waals surface area (Å²) in [6.07, 6.45) is 6.10. The van der Waals surface area contributed by atoms with E-state index in [4.69, 9.17) is 5.73 Å². The highest BCUT2D eigenvalue weighted by atomic mass is 32.2. The van der Waals surface area contributed by atoms with Crippen LogP contribution in [-0.4, -0.2) is 26.3 Å². The van der Waals surface area contributed by atoms with Crippen LogP contribution in [0.2, 0.25) is 0 Å². The van der Waals surface area contributed by atoms with Crippen molar-refractivity contribution in [3.8, 4) is 0 Å². The van der Waals surface area contributed by atoms with Crippen molar-refractivity contribution in [2.75, 3.05) is 12.3 Å². The molecule has 0 spiro atoms. The zero-order chi connectivity index (χ0) is 10.9. The van der Waals surface area contributed by atoms with Gasteiger partial charge in [-0.25, -0.2) is 13.1 Å². The summed E-state index contributed by atoms with van der Waals surface area (Å²) in [4.78, 5) is 0. The Kier molecular flexibility index (Phi) is 3.05. The lowest BCUT2D eigenvalue weighted by atomic mass is 10.0. The predicted octanol–water partition coefficient (Wildman–Crippen LogP) is 0.587. The lowest BCUT2D eigenvalue weighted by molar-refractivity contribution is 0.399. The van der Waals surface area contributed by atoms with Gasteiger partial charge >= 0.3 is 0 Å². The van der Waals surface area contributed by atoms with Gasteiger partial charge in [0, 0.05) is 12.1 Å². The first-order valence-electron chi connectivity index (χ1n) is 5.77. The molecule has 2 fully saturated rings. The van der Waals surface area contributed by atoms with E-state index in [1.54, 1.807) is 0 Å². The monoisotopic (exact) mass is 232 g/mol. The average Bonchev–Trinajstić information content (AvgIpc) is 2.82. The van der Waals surface area contributed by atoms with Gasteiger partial charge in [0.15, 0.2) is 0 Å². The molecule has 2 aliphatic rings. The highest BCUT2D eigenvalue weighted by Crippen LogP contribution is 2.33. The summed E-state index contributed by atoms with van der Waals surface area (Å²) < 4.78 is 26.5. The van der Waals surface area contributed by atoms with Gasteiger partial charge in [-0.05, 0) is 31.6 Å². The normalized spacial score (nSPS) is 25.7. The molecule has 2 saturated carbocycles. The third kappa shape index (κ3) is 2.92. The lowest BCUT2D eigenvalue weighted by Crippen LogP contribution is -2.52. The molecule has 0 unspecified atom stereocenters. The van der Waals surface area contributed by atoms with Gasteiger partial charge in [-0.15, -0.1) is 0 Å². The Hall–Kier alpha value is -0.130. The summed E-state index contributed by atoms with van der Waals surface area (Å²) in [5, 5.41) is 0. The fraction of sp³-hybridized carbons (Fsp3) is 1.00. The minimum absolute atomic E-state index is 0.300. The van der Waals surface area contributed by atoms with Gasteiger partial charge in [-0.1, -0.05) is 12.8 Å². The molecule has 0 aromatic rings. The molecule has 0 radical (unpaired) electrons. The van der Waals surface area contributed by atoms with Crippen molar-refractivity contribution in [1.29, 1.82) is 0 Å². The summed E-state index contributed by atoms with van der Waals surface area (Å²) in [6.45, 7) is 0.427. The Morgan fingerprint density at radius 2 is 1.87 bits per heavy atom. The highest BCUT2D eigenvalue weighted by Gasteiger charge is 2.38. The number of rotatable bonds is 5. The summed E-state index contributed by atoms with van der Waals surface area (Å²) >= 11 is 0. The molecule has 0 aliphatic heterocycles. The molecule has 2 rings (SSSR count). The molecule has 0 aromatic heterocycles. The Balaban J connectivity index is 1.98. The highest BCUT2D eigenvalue weighted by molar-refractivity contribution is 7.89. The molecule has 0 amide bonds. The zero-order valence-corrected chi connectivity index (χ0v) is 9.85. The maximum absolute atomic E-state index is 11.8. The molecule has 88 valence electrons. The van der Waals surface area contributed by atoms with Crippen LogP contribution in [0.25, 0.3) is 0 Å². The molecule has 0 saturated heterocycles. The predicted molar refractivity (Wildman–Crippen MR) is 59.9 cm³/mol. The van der Waals surface area contributed by atoms with E-state index in [0.29, 0.717) is 18.2 Å². The van der Waals surface area contributed by atoms with Gasteiger partial charge in [-0.3, -0.25) is 0 Å². The zero-order valence-electron chi connectivity index (χ0n) is 9.04. The first kappa shape index (κ1) is 11.4. The fourth-order valence-electron chi connectivity index (χ4n) is 2.37. The standard InChI is InChI=1S/C10H20N2O2S/c11-8-10(5-1-2-6-10)12-15(13,14)7-9-3-4-9/h9,12H,1-8,11H2. The number of nitrogens with two attached hydrogens (primary N) is 1. The van der Waals surface area contributed by atoms with Crippen molar-refractivity contribution in [1.82, 2.24) is 4.72 Å². The van der Waals surface area contributed by atoms with Crippen LogP contribution in [0.3, 0.4) is 0 Å². The molecule has 0 atom stereocenters. The van der Waals surface area contributed by atoms with Crippen LogP contribution in [0.1, 0.15) is 38.5 Å².